The largest absolute Gasteiger partial charge is 0.384 e. The first-order valence-corrected chi connectivity index (χ1v) is 15.3. The van der Waals surface area contributed by atoms with Gasteiger partial charge in [-0.2, -0.15) is 0 Å². The SMILES string of the molecule is N=C(N)c1ccc(CCc2nc3cc(C(=O)N(CCN)Cc4ccc(Cl)cc4)ccc3n2CCCN2CCOCC2)cc1. The van der Waals surface area contributed by atoms with Crippen molar-refractivity contribution < 1.29 is 9.53 Å². The molecule has 5 N–H and O–H groups in total. The Morgan fingerprint density at radius 1 is 0.953 bits per heavy atom. The first-order chi connectivity index (χ1) is 20.9. The van der Waals surface area contributed by atoms with Gasteiger partial charge in [-0.25, -0.2) is 4.98 Å². The third kappa shape index (κ3) is 8.00. The van der Waals surface area contributed by atoms with Crippen LogP contribution in [-0.4, -0.2) is 77.0 Å². The number of nitrogens with two attached hydrogens (primary N) is 2. The van der Waals surface area contributed by atoms with Gasteiger partial charge in [0.2, 0.25) is 0 Å². The molecule has 0 spiro atoms. The zero-order valence-electron chi connectivity index (χ0n) is 24.5. The highest BCUT2D eigenvalue weighted by Crippen LogP contribution is 2.22. The second-order valence-corrected chi connectivity index (χ2v) is 11.4. The van der Waals surface area contributed by atoms with Crippen LogP contribution in [0, 0.1) is 5.41 Å². The number of nitrogens with zero attached hydrogens (tertiary/aromatic N) is 4. The quantitative estimate of drug-likeness (QED) is 0.157. The first kappa shape index (κ1) is 30.7. The fourth-order valence-corrected chi connectivity index (χ4v) is 5.66. The summed E-state index contributed by atoms with van der Waals surface area (Å²) < 4.78 is 7.81. The van der Waals surface area contributed by atoms with Crippen molar-refractivity contribution in [3.8, 4) is 0 Å². The van der Waals surface area contributed by atoms with Crippen LogP contribution in [0.15, 0.2) is 66.7 Å². The van der Waals surface area contributed by atoms with Crippen molar-refractivity contribution in [3.05, 3.63) is 99.8 Å². The third-order valence-corrected chi connectivity index (χ3v) is 8.16. The van der Waals surface area contributed by atoms with Gasteiger partial charge in [0.25, 0.3) is 5.91 Å². The Labute approximate surface area is 257 Å². The second-order valence-electron chi connectivity index (χ2n) is 10.9. The van der Waals surface area contributed by atoms with E-state index < -0.39 is 0 Å². The maximum Gasteiger partial charge on any atom is 0.254 e. The van der Waals surface area contributed by atoms with E-state index in [0.717, 1.165) is 92.2 Å². The fourth-order valence-electron chi connectivity index (χ4n) is 5.54. The van der Waals surface area contributed by atoms with Crippen molar-refractivity contribution in [2.24, 2.45) is 11.5 Å². The van der Waals surface area contributed by atoms with E-state index in [-0.39, 0.29) is 11.7 Å². The Kier molecular flexibility index (Phi) is 10.4. The molecule has 43 heavy (non-hydrogen) atoms. The van der Waals surface area contributed by atoms with Gasteiger partial charge in [-0.05, 0) is 54.3 Å². The number of hydrogen-bond acceptors (Lipinski definition) is 6. The number of fused-ring (bicyclic) bond motifs is 1. The van der Waals surface area contributed by atoms with Crippen LogP contribution in [0.25, 0.3) is 11.0 Å². The highest BCUT2D eigenvalue weighted by atomic mass is 35.5. The smallest absolute Gasteiger partial charge is 0.254 e. The predicted octanol–water partition coefficient (Wildman–Crippen LogP) is 4.08. The van der Waals surface area contributed by atoms with Crippen LogP contribution in [0.5, 0.6) is 0 Å². The zero-order valence-corrected chi connectivity index (χ0v) is 25.2. The number of morpholine rings is 1. The van der Waals surface area contributed by atoms with Crippen molar-refractivity contribution in [3.63, 3.8) is 0 Å². The molecule has 0 saturated carbocycles. The minimum Gasteiger partial charge on any atom is -0.384 e. The highest BCUT2D eigenvalue weighted by Gasteiger charge is 2.19. The van der Waals surface area contributed by atoms with E-state index in [4.69, 9.17) is 38.2 Å². The number of ether oxygens (including phenoxy) is 1. The minimum atomic E-state index is -0.0729. The summed E-state index contributed by atoms with van der Waals surface area (Å²) in [6, 6.07) is 21.2. The number of carbonyl (C=O) groups is 1. The van der Waals surface area contributed by atoms with Crippen molar-refractivity contribution in [1.82, 2.24) is 19.4 Å². The molecule has 0 aliphatic carbocycles. The van der Waals surface area contributed by atoms with E-state index in [2.05, 4.69) is 9.47 Å². The summed E-state index contributed by atoms with van der Waals surface area (Å²) in [5, 5.41) is 8.31. The van der Waals surface area contributed by atoms with Gasteiger partial charge in [-0.1, -0.05) is 48.0 Å². The fraction of sp³-hybridized carbons (Fsp3) is 0.364. The van der Waals surface area contributed by atoms with Crippen LogP contribution >= 0.6 is 11.6 Å². The number of carbonyl (C=O) groups excluding carboxylic acids is 1. The Hall–Kier alpha value is -3.76. The topological polar surface area (TPSA) is 126 Å². The van der Waals surface area contributed by atoms with Gasteiger partial charge in [0.1, 0.15) is 11.7 Å². The molecule has 9 nitrogen and oxygen atoms in total. The van der Waals surface area contributed by atoms with E-state index in [0.29, 0.717) is 30.2 Å². The van der Waals surface area contributed by atoms with E-state index in [1.54, 1.807) is 4.90 Å². The Bertz CT molecular complexity index is 1530. The van der Waals surface area contributed by atoms with Crippen LogP contribution < -0.4 is 11.5 Å². The molecule has 0 radical (unpaired) electrons. The summed E-state index contributed by atoms with van der Waals surface area (Å²) in [5.74, 6) is 0.991. The van der Waals surface area contributed by atoms with Gasteiger partial charge in [0.15, 0.2) is 0 Å². The number of imidazole rings is 1. The van der Waals surface area contributed by atoms with Crippen LogP contribution in [0.2, 0.25) is 5.02 Å². The zero-order chi connectivity index (χ0) is 30.2. The lowest BCUT2D eigenvalue weighted by molar-refractivity contribution is 0.0369. The third-order valence-electron chi connectivity index (χ3n) is 7.91. The average molecular weight is 602 g/mol. The lowest BCUT2D eigenvalue weighted by Gasteiger charge is -2.26. The summed E-state index contributed by atoms with van der Waals surface area (Å²) in [7, 11) is 0. The molecule has 0 bridgehead atoms. The normalized spacial score (nSPS) is 13.8. The monoisotopic (exact) mass is 601 g/mol. The molecule has 10 heteroatoms. The van der Waals surface area contributed by atoms with Crippen LogP contribution in [0.4, 0.5) is 0 Å². The minimum absolute atomic E-state index is 0.0668. The van der Waals surface area contributed by atoms with Crippen molar-refractivity contribution >= 4 is 34.4 Å². The molecule has 0 unspecified atom stereocenters. The molecule has 1 amide bonds. The maximum absolute atomic E-state index is 13.6. The summed E-state index contributed by atoms with van der Waals surface area (Å²) in [6.45, 7) is 6.63. The van der Waals surface area contributed by atoms with E-state index in [9.17, 15) is 4.79 Å². The number of amidine groups is 1. The Morgan fingerprint density at radius 2 is 1.65 bits per heavy atom. The summed E-state index contributed by atoms with van der Waals surface area (Å²) in [4.78, 5) is 22.9. The van der Waals surface area contributed by atoms with E-state index >= 15 is 0 Å². The summed E-state index contributed by atoms with van der Waals surface area (Å²) in [5.41, 5.74) is 16.8. The van der Waals surface area contributed by atoms with Gasteiger partial charge < -0.3 is 25.7 Å². The van der Waals surface area contributed by atoms with Crippen LogP contribution in [0.3, 0.4) is 0 Å². The van der Waals surface area contributed by atoms with Crippen molar-refractivity contribution in [1.29, 1.82) is 5.41 Å². The van der Waals surface area contributed by atoms with Gasteiger partial charge in [-0.3, -0.25) is 15.1 Å². The lowest BCUT2D eigenvalue weighted by Crippen LogP contribution is -2.37. The standard InChI is InChI=1S/C33H40ClN7O2/c34-28-10-4-25(5-11-28)23-40(17-14-35)33(42)27-9-12-30-29(22-27)38-31(13-6-24-2-7-26(8-3-24)32(36)37)41(30)16-1-15-39-18-20-43-21-19-39/h2-5,7-12,22H,1,6,13-21,23,35H2,(H3,36,37). The second kappa shape index (κ2) is 14.6. The number of benzene rings is 3. The van der Waals surface area contributed by atoms with Crippen LogP contribution in [-0.2, 0) is 30.7 Å². The predicted molar refractivity (Wildman–Crippen MR) is 172 cm³/mol. The molecule has 226 valence electrons. The van der Waals surface area contributed by atoms with Gasteiger partial charge >= 0.3 is 0 Å². The number of halogens is 1. The average Bonchev–Trinajstić information content (AvgIpc) is 3.37. The van der Waals surface area contributed by atoms with Gasteiger partial charge in [0, 0.05) is 68.4 Å². The first-order valence-electron chi connectivity index (χ1n) is 14.9. The van der Waals surface area contributed by atoms with E-state index in [1.165, 1.54) is 0 Å². The molecular weight excluding hydrogens is 562 g/mol. The molecule has 3 aromatic carbocycles. The number of nitrogens with one attached hydrogen (secondary N) is 1. The molecule has 5 rings (SSSR count). The molecule has 2 heterocycles. The summed E-state index contributed by atoms with van der Waals surface area (Å²) >= 11 is 6.05. The molecular formula is C33H40ClN7O2. The number of rotatable bonds is 13. The molecule has 4 aromatic rings. The van der Waals surface area contributed by atoms with Gasteiger partial charge in [0.05, 0.1) is 24.2 Å². The van der Waals surface area contributed by atoms with E-state index in [1.807, 2.05) is 66.7 Å². The number of hydrogen-bond donors (Lipinski definition) is 3. The summed E-state index contributed by atoms with van der Waals surface area (Å²) in [6.07, 6.45) is 2.56. The molecule has 1 fully saturated rings. The Balaban J connectivity index is 1.37. The molecule has 0 atom stereocenters. The number of amides is 1. The Morgan fingerprint density at radius 3 is 2.35 bits per heavy atom. The highest BCUT2D eigenvalue weighted by molar-refractivity contribution is 6.30. The van der Waals surface area contributed by atoms with Crippen molar-refractivity contribution in [2.75, 3.05) is 45.9 Å². The molecule has 1 aliphatic rings. The van der Waals surface area contributed by atoms with Crippen LogP contribution in [0.1, 0.15) is 39.3 Å². The molecule has 1 aromatic heterocycles. The van der Waals surface area contributed by atoms with Crippen molar-refractivity contribution in [2.45, 2.75) is 32.4 Å². The molecule has 1 aliphatic heterocycles. The number of aryl methyl sites for hydroxylation is 3. The number of nitrogen functional groups attached to an aromatic ring is 1. The lowest BCUT2D eigenvalue weighted by atomic mass is 10.1. The number of aromatic nitrogens is 2. The molecule has 1 saturated heterocycles. The maximum atomic E-state index is 13.6. The van der Waals surface area contributed by atoms with Gasteiger partial charge in [-0.15, -0.1) is 0 Å².